The van der Waals surface area contributed by atoms with E-state index in [0.29, 0.717) is 0 Å². The van der Waals surface area contributed by atoms with Gasteiger partial charge in [-0.25, -0.2) is 23.3 Å². The Labute approximate surface area is 255 Å². The van der Waals surface area contributed by atoms with E-state index in [2.05, 4.69) is 125 Å². The first-order valence-corrected chi connectivity index (χ1v) is 12.5. The quantitative estimate of drug-likeness (QED) is 0.471. The zero-order chi connectivity index (χ0) is 23.8. The normalized spacial score (nSPS) is 16.5. The van der Waals surface area contributed by atoms with Gasteiger partial charge in [-0.2, -0.15) is 12.2 Å². The molecular formula is C34H34Cl2Zr. The maximum atomic E-state index is 3.47. The topological polar surface area (TPSA) is 0 Å². The molecule has 0 N–H and O–H groups in total. The van der Waals surface area contributed by atoms with Gasteiger partial charge in [-0.15, -0.1) is 12.8 Å². The van der Waals surface area contributed by atoms with Gasteiger partial charge in [0.05, 0.1) is 0 Å². The van der Waals surface area contributed by atoms with Crippen molar-refractivity contribution >= 4 is 12.2 Å². The molecule has 0 amide bonds. The van der Waals surface area contributed by atoms with E-state index in [1.807, 2.05) is 0 Å². The Hall–Kier alpha value is -1.66. The van der Waals surface area contributed by atoms with Gasteiger partial charge in [0.2, 0.25) is 0 Å². The number of fused-ring (bicyclic) bond motifs is 2. The van der Waals surface area contributed by atoms with Crippen LogP contribution in [0.4, 0.5) is 0 Å². The second kappa shape index (κ2) is 12.9. The Morgan fingerprint density at radius 3 is 1.30 bits per heavy atom. The van der Waals surface area contributed by atoms with Gasteiger partial charge >= 0.3 is 26.2 Å². The summed E-state index contributed by atoms with van der Waals surface area (Å²) in [6.07, 6.45) is 24.6. The van der Waals surface area contributed by atoms with Crippen LogP contribution in [0.25, 0.3) is 12.2 Å². The van der Waals surface area contributed by atoms with E-state index in [1.165, 1.54) is 44.5 Å². The average Bonchev–Trinajstić information content (AvgIpc) is 3.65. The number of halogens is 2. The van der Waals surface area contributed by atoms with E-state index < -0.39 is 0 Å². The largest absolute Gasteiger partial charge is 4.00 e. The summed E-state index contributed by atoms with van der Waals surface area (Å²) in [5.74, 6) is 0. The fourth-order valence-electron chi connectivity index (χ4n) is 5.38. The molecule has 0 aromatic heterocycles. The minimum absolute atomic E-state index is 0. The van der Waals surface area contributed by atoms with Crippen LogP contribution in [-0.4, -0.2) is 0 Å². The molecule has 0 aliphatic heterocycles. The molecule has 0 bridgehead atoms. The molecule has 0 atom stereocenters. The number of rotatable bonds is 4. The molecule has 3 heteroatoms. The molecule has 2 aromatic rings. The van der Waals surface area contributed by atoms with Gasteiger partial charge in [-0.05, 0) is 45.9 Å². The second-order valence-corrected chi connectivity index (χ2v) is 10.7. The van der Waals surface area contributed by atoms with E-state index in [-0.39, 0.29) is 61.8 Å². The van der Waals surface area contributed by atoms with Crippen molar-refractivity contribution in [1.82, 2.24) is 0 Å². The summed E-state index contributed by atoms with van der Waals surface area (Å²) in [5, 5.41) is 0. The standard InChI is InChI=1S/2C17H17.2ClH.Zr/c2*1-17(2,15-9-5-6-10-15)16-11-13-7-3-4-8-14(13)12-16;;;/h2*3-5,7-9,11H,6,12H2,1-2H3;2*1H;/q2*-1;;;+4/p-2. The summed E-state index contributed by atoms with van der Waals surface area (Å²) in [6.45, 7) is 9.23. The van der Waals surface area contributed by atoms with E-state index in [1.54, 1.807) is 0 Å². The second-order valence-electron chi connectivity index (χ2n) is 10.7. The summed E-state index contributed by atoms with van der Waals surface area (Å²) in [7, 11) is 0. The number of hydrogen-bond donors (Lipinski definition) is 0. The van der Waals surface area contributed by atoms with Crippen LogP contribution in [0, 0.1) is 23.0 Å². The molecule has 0 spiro atoms. The molecule has 4 aliphatic rings. The molecular weight excluding hydrogens is 571 g/mol. The van der Waals surface area contributed by atoms with Crippen molar-refractivity contribution in [3.05, 3.63) is 130 Å². The third-order valence-electron chi connectivity index (χ3n) is 7.87. The molecule has 0 saturated heterocycles. The summed E-state index contributed by atoms with van der Waals surface area (Å²) >= 11 is 0. The average molecular weight is 605 g/mol. The van der Waals surface area contributed by atoms with Gasteiger partial charge < -0.3 is 24.8 Å². The van der Waals surface area contributed by atoms with Crippen LogP contribution >= 0.6 is 0 Å². The van der Waals surface area contributed by atoms with E-state index >= 15 is 0 Å². The fraction of sp³-hybridized carbons (Fsp3) is 0.294. The van der Waals surface area contributed by atoms with E-state index in [9.17, 15) is 0 Å². The van der Waals surface area contributed by atoms with Crippen molar-refractivity contribution in [2.75, 3.05) is 0 Å². The predicted molar refractivity (Wildman–Crippen MR) is 145 cm³/mol. The molecule has 0 heterocycles. The fourth-order valence-corrected chi connectivity index (χ4v) is 5.38. The summed E-state index contributed by atoms with van der Waals surface area (Å²) < 4.78 is 0. The van der Waals surface area contributed by atoms with Crippen LogP contribution in [0.1, 0.15) is 62.8 Å². The van der Waals surface area contributed by atoms with Crippen LogP contribution < -0.4 is 24.8 Å². The van der Waals surface area contributed by atoms with Crippen molar-refractivity contribution in [1.29, 1.82) is 0 Å². The van der Waals surface area contributed by atoms with Crippen molar-refractivity contribution in [2.24, 2.45) is 10.8 Å². The maximum absolute atomic E-state index is 3.47. The van der Waals surface area contributed by atoms with Gasteiger partial charge in [0, 0.05) is 0 Å². The Morgan fingerprint density at radius 1 is 0.595 bits per heavy atom. The Bertz CT molecular complexity index is 1200. The Morgan fingerprint density at radius 2 is 0.973 bits per heavy atom. The molecule has 0 fully saturated rings. The number of hydrogen-bond acceptors (Lipinski definition) is 0. The molecule has 0 radical (unpaired) electrons. The van der Waals surface area contributed by atoms with Gasteiger partial charge in [-0.3, -0.25) is 12.2 Å². The van der Waals surface area contributed by atoms with E-state index in [4.69, 9.17) is 0 Å². The summed E-state index contributed by atoms with van der Waals surface area (Å²) in [4.78, 5) is 0. The minimum atomic E-state index is 0. The minimum Gasteiger partial charge on any atom is -1.00 e. The van der Waals surface area contributed by atoms with Gasteiger partial charge in [0.25, 0.3) is 0 Å². The van der Waals surface area contributed by atoms with Gasteiger partial charge in [-0.1, -0.05) is 99.5 Å². The molecule has 188 valence electrons. The zero-order valence-corrected chi connectivity index (χ0v) is 26.1. The molecule has 37 heavy (non-hydrogen) atoms. The van der Waals surface area contributed by atoms with Crippen molar-refractivity contribution in [3.63, 3.8) is 0 Å². The number of allylic oxidation sites excluding steroid dienone is 10. The first-order valence-electron chi connectivity index (χ1n) is 12.5. The van der Waals surface area contributed by atoms with Crippen LogP contribution in [0.2, 0.25) is 0 Å². The molecule has 0 nitrogen and oxygen atoms in total. The Balaban J connectivity index is 0.000000241. The summed E-state index contributed by atoms with van der Waals surface area (Å²) in [6, 6.07) is 17.4. The maximum Gasteiger partial charge on any atom is 4.00 e. The van der Waals surface area contributed by atoms with Crippen molar-refractivity contribution in [3.8, 4) is 0 Å². The zero-order valence-electron chi connectivity index (χ0n) is 22.2. The SMILES string of the molecule is CC(C)(C1=[C-]CC=C1)C1=Cc2ccccc2C1.CC(C)(C1=[C-]CC=C1)C1=Cc2ccccc2C1.[Cl-].[Cl-].[Zr+4]. The molecule has 0 saturated carbocycles. The first kappa shape index (κ1) is 31.6. The van der Waals surface area contributed by atoms with Crippen molar-refractivity contribution in [2.45, 2.75) is 53.4 Å². The van der Waals surface area contributed by atoms with Crippen LogP contribution in [0.3, 0.4) is 0 Å². The molecule has 6 rings (SSSR count). The van der Waals surface area contributed by atoms with E-state index in [0.717, 1.165) is 25.7 Å². The number of benzene rings is 2. The van der Waals surface area contributed by atoms with Crippen LogP contribution in [0.5, 0.6) is 0 Å². The molecule has 0 unspecified atom stereocenters. The third-order valence-corrected chi connectivity index (χ3v) is 7.87. The Kier molecular flexibility index (Phi) is 11.0. The van der Waals surface area contributed by atoms with Crippen molar-refractivity contribution < 1.29 is 51.0 Å². The monoisotopic (exact) mass is 602 g/mol. The summed E-state index contributed by atoms with van der Waals surface area (Å²) in [5.41, 5.74) is 11.6. The van der Waals surface area contributed by atoms with Gasteiger partial charge in [0.1, 0.15) is 0 Å². The van der Waals surface area contributed by atoms with Gasteiger partial charge in [0.15, 0.2) is 0 Å². The predicted octanol–water partition coefficient (Wildman–Crippen LogP) is 2.69. The molecule has 4 aliphatic carbocycles. The third kappa shape index (κ3) is 6.50. The van der Waals surface area contributed by atoms with Crippen LogP contribution in [-0.2, 0) is 39.0 Å². The smallest absolute Gasteiger partial charge is 1.00 e. The van der Waals surface area contributed by atoms with Crippen LogP contribution in [0.15, 0.2) is 95.1 Å². The first-order chi connectivity index (χ1) is 16.4. The molecule has 2 aromatic carbocycles.